The van der Waals surface area contributed by atoms with Crippen LogP contribution in [0.5, 0.6) is 17.2 Å². The van der Waals surface area contributed by atoms with Crippen LogP contribution >= 0.6 is 0 Å². The van der Waals surface area contributed by atoms with Crippen molar-refractivity contribution in [2.45, 2.75) is 12.6 Å². The second-order valence-corrected chi connectivity index (χ2v) is 7.66. The summed E-state index contributed by atoms with van der Waals surface area (Å²) in [5, 5.41) is 10.6. The van der Waals surface area contributed by atoms with Gasteiger partial charge in [0.05, 0.1) is 27.4 Å². The van der Waals surface area contributed by atoms with E-state index in [-0.39, 0.29) is 6.61 Å². The highest BCUT2D eigenvalue weighted by Gasteiger charge is 2.17. The van der Waals surface area contributed by atoms with Crippen molar-refractivity contribution in [2.75, 3.05) is 66.8 Å². The molecule has 31 heavy (non-hydrogen) atoms. The first-order chi connectivity index (χ1) is 15.2. The average molecular weight is 431 g/mol. The number of morpholine rings is 1. The molecule has 1 saturated heterocycles. The maximum atomic E-state index is 10.6. The third-order valence-electron chi connectivity index (χ3n) is 5.34. The maximum Gasteiger partial charge on any atom is 0.161 e. The Morgan fingerprint density at radius 2 is 1.77 bits per heavy atom. The molecule has 7 nitrogen and oxygen atoms in total. The Morgan fingerprint density at radius 3 is 2.48 bits per heavy atom. The number of hydrogen-bond acceptors (Lipinski definition) is 7. The van der Waals surface area contributed by atoms with Crippen LogP contribution in [0.25, 0.3) is 0 Å². The predicted molar refractivity (Wildman–Crippen MR) is 120 cm³/mol. The quantitative estimate of drug-likeness (QED) is 0.554. The minimum Gasteiger partial charge on any atom is -0.493 e. The average Bonchev–Trinajstić information content (AvgIpc) is 2.82. The summed E-state index contributed by atoms with van der Waals surface area (Å²) < 4.78 is 22.0. The Balaban J connectivity index is 1.60. The fraction of sp³-hybridized carbons (Fsp3) is 0.500. The number of methoxy groups -OCH3 is 2. The third kappa shape index (κ3) is 7.70. The van der Waals surface area contributed by atoms with Crippen LogP contribution in [-0.4, -0.2) is 87.8 Å². The summed E-state index contributed by atoms with van der Waals surface area (Å²) in [4.78, 5) is 4.66. The van der Waals surface area contributed by atoms with Crippen LogP contribution < -0.4 is 14.2 Å². The van der Waals surface area contributed by atoms with E-state index in [1.54, 1.807) is 14.2 Å². The zero-order valence-corrected chi connectivity index (χ0v) is 18.5. The number of para-hydroxylation sites is 1. The Kier molecular flexibility index (Phi) is 9.42. The minimum atomic E-state index is -0.593. The van der Waals surface area contributed by atoms with E-state index < -0.39 is 6.10 Å². The second-order valence-electron chi connectivity index (χ2n) is 7.66. The van der Waals surface area contributed by atoms with Crippen molar-refractivity contribution in [3.05, 3.63) is 54.1 Å². The first-order valence-corrected chi connectivity index (χ1v) is 10.8. The molecule has 0 amide bonds. The highest BCUT2D eigenvalue weighted by atomic mass is 16.5. The van der Waals surface area contributed by atoms with E-state index in [9.17, 15) is 5.11 Å². The number of aliphatic hydroxyl groups is 1. The van der Waals surface area contributed by atoms with Gasteiger partial charge in [-0.15, -0.1) is 0 Å². The molecule has 1 N–H and O–H groups in total. The molecule has 1 heterocycles. The predicted octanol–water partition coefficient (Wildman–Crippen LogP) is 2.28. The zero-order chi connectivity index (χ0) is 21.9. The molecule has 0 aliphatic carbocycles. The molecule has 0 radical (unpaired) electrons. The molecule has 1 aliphatic rings. The van der Waals surface area contributed by atoms with Crippen molar-refractivity contribution in [1.82, 2.24) is 9.80 Å². The van der Waals surface area contributed by atoms with E-state index in [0.717, 1.165) is 50.7 Å². The molecule has 2 aromatic rings. The van der Waals surface area contributed by atoms with Gasteiger partial charge in [0.25, 0.3) is 0 Å². The van der Waals surface area contributed by atoms with Gasteiger partial charge in [0, 0.05) is 39.3 Å². The lowest BCUT2D eigenvalue weighted by Gasteiger charge is -2.31. The first-order valence-electron chi connectivity index (χ1n) is 10.8. The van der Waals surface area contributed by atoms with Crippen LogP contribution in [0.1, 0.15) is 5.56 Å². The summed E-state index contributed by atoms with van der Waals surface area (Å²) in [6, 6.07) is 15.5. The van der Waals surface area contributed by atoms with E-state index >= 15 is 0 Å². The molecule has 1 aliphatic heterocycles. The zero-order valence-electron chi connectivity index (χ0n) is 18.5. The number of rotatable bonds is 12. The Labute approximate surface area is 185 Å². The molecule has 0 bridgehead atoms. The lowest BCUT2D eigenvalue weighted by atomic mass is 10.1. The van der Waals surface area contributed by atoms with Gasteiger partial charge < -0.3 is 24.1 Å². The van der Waals surface area contributed by atoms with E-state index in [0.29, 0.717) is 24.6 Å². The smallest absolute Gasteiger partial charge is 0.161 e. The first kappa shape index (κ1) is 23.3. The summed E-state index contributed by atoms with van der Waals surface area (Å²) in [6.45, 7) is 6.71. The molecule has 7 heteroatoms. The van der Waals surface area contributed by atoms with Crippen LogP contribution in [0.15, 0.2) is 48.5 Å². The van der Waals surface area contributed by atoms with Gasteiger partial charge in [-0.1, -0.05) is 24.3 Å². The molecule has 0 aromatic heterocycles. The number of ether oxygens (including phenoxy) is 4. The second kappa shape index (κ2) is 12.5. The van der Waals surface area contributed by atoms with Gasteiger partial charge in [0.1, 0.15) is 18.5 Å². The summed E-state index contributed by atoms with van der Waals surface area (Å²) in [6.07, 6.45) is -0.593. The number of nitrogens with zero attached hydrogens (tertiary/aromatic N) is 2. The molecule has 170 valence electrons. The minimum absolute atomic E-state index is 0.254. The van der Waals surface area contributed by atoms with Gasteiger partial charge in [0.2, 0.25) is 0 Å². The van der Waals surface area contributed by atoms with Crippen molar-refractivity contribution < 1.29 is 24.1 Å². The summed E-state index contributed by atoms with van der Waals surface area (Å²) in [5.41, 5.74) is 1.11. The van der Waals surface area contributed by atoms with Crippen LogP contribution in [0.4, 0.5) is 0 Å². The summed E-state index contributed by atoms with van der Waals surface area (Å²) in [5.74, 6) is 2.19. The molecule has 3 rings (SSSR count). The van der Waals surface area contributed by atoms with Gasteiger partial charge in [-0.2, -0.15) is 0 Å². The number of aliphatic hydroxyl groups excluding tert-OH is 1. The largest absolute Gasteiger partial charge is 0.493 e. The van der Waals surface area contributed by atoms with Crippen LogP contribution in [0.2, 0.25) is 0 Å². The van der Waals surface area contributed by atoms with Gasteiger partial charge in [-0.25, -0.2) is 0 Å². The van der Waals surface area contributed by atoms with Crippen molar-refractivity contribution in [1.29, 1.82) is 0 Å². The monoisotopic (exact) mass is 430 g/mol. The van der Waals surface area contributed by atoms with E-state index in [4.69, 9.17) is 18.9 Å². The van der Waals surface area contributed by atoms with Crippen molar-refractivity contribution in [2.24, 2.45) is 0 Å². The SMILES string of the molecule is COc1ccc(CN(CCN2CCOCC2)CC(O)COc2ccccc2)cc1OC. The molecule has 1 fully saturated rings. The summed E-state index contributed by atoms with van der Waals surface area (Å²) >= 11 is 0. The Morgan fingerprint density at radius 1 is 1.03 bits per heavy atom. The number of hydrogen-bond donors (Lipinski definition) is 1. The van der Waals surface area contributed by atoms with Crippen molar-refractivity contribution in [3.8, 4) is 17.2 Å². The van der Waals surface area contributed by atoms with Crippen LogP contribution in [-0.2, 0) is 11.3 Å². The molecule has 1 atom stereocenters. The third-order valence-corrected chi connectivity index (χ3v) is 5.34. The van der Waals surface area contributed by atoms with Crippen molar-refractivity contribution in [3.63, 3.8) is 0 Å². The van der Waals surface area contributed by atoms with Gasteiger partial charge in [0.15, 0.2) is 11.5 Å². The molecular weight excluding hydrogens is 396 g/mol. The maximum absolute atomic E-state index is 10.6. The molecular formula is C24H34N2O5. The topological polar surface area (TPSA) is 63.6 Å². The van der Waals surface area contributed by atoms with E-state index in [1.807, 2.05) is 48.5 Å². The number of benzene rings is 2. The molecule has 0 saturated carbocycles. The molecule has 0 spiro atoms. The van der Waals surface area contributed by atoms with E-state index in [2.05, 4.69) is 9.80 Å². The lowest BCUT2D eigenvalue weighted by Crippen LogP contribution is -2.43. The van der Waals surface area contributed by atoms with Crippen LogP contribution in [0.3, 0.4) is 0 Å². The summed E-state index contributed by atoms with van der Waals surface area (Å²) in [7, 11) is 3.28. The normalized spacial score (nSPS) is 15.6. The standard InChI is InChI=1S/C24H34N2O5/c1-28-23-9-8-20(16-24(23)29-2)17-26(11-10-25-12-14-30-15-13-25)18-21(27)19-31-22-6-4-3-5-7-22/h3-9,16,21,27H,10-15,17-19H2,1-2H3. The molecule has 1 unspecified atom stereocenters. The van der Waals surface area contributed by atoms with Gasteiger partial charge in [-0.3, -0.25) is 9.80 Å². The van der Waals surface area contributed by atoms with Crippen LogP contribution in [0, 0.1) is 0 Å². The van der Waals surface area contributed by atoms with E-state index in [1.165, 1.54) is 0 Å². The lowest BCUT2D eigenvalue weighted by molar-refractivity contribution is 0.0256. The highest BCUT2D eigenvalue weighted by molar-refractivity contribution is 5.42. The Hall–Kier alpha value is -2.32. The molecule has 2 aromatic carbocycles. The van der Waals surface area contributed by atoms with Gasteiger partial charge in [-0.05, 0) is 29.8 Å². The fourth-order valence-electron chi connectivity index (χ4n) is 3.64. The van der Waals surface area contributed by atoms with Gasteiger partial charge >= 0.3 is 0 Å². The highest BCUT2D eigenvalue weighted by Crippen LogP contribution is 2.28. The fourth-order valence-corrected chi connectivity index (χ4v) is 3.64. The Bertz CT molecular complexity index is 768. The van der Waals surface area contributed by atoms with Crippen molar-refractivity contribution >= 4 is 0 Å².